The summed E-state index contributed by atoms with van der Waals surface area (Å²) >= 11 is 6.75. The van der Waals surface area contributed by atoms with Gasteiger partial charge in [-0.2, -0.15) is 4.31 Å². The maximum atomic E-state index is 12.5. The van der Waals surface area contributed by atoms with Gasteiger partial charge in [0.15, 0.2) is 0 Å². The van der Waals surface area contributed by atoms with E-state index in [1.165, 1.54) is 19.2 Å². The highest BCUT2D eigenvalue weighted by molar-refractivity contribution is 7.91. The lowest BCUT2D eigenvalue weighted by Gasteiger charge is -2.16. The first kappa shape index (κ1) is 21.3. The highest BCUT2D eigenvalue weighted by atomic mass is 35.5. The Balaban J connectivity index is 1.59. The second-order valence-corrected chi connectivity index (χ2v) is 9.99. The van der Waals surface area contributed by atoms with Crippen LogP contribution < -0.4 is 10.1 Å². The van der Waals surface area contributed by atoms with E-state index in [4.69, 9.17) is 16.3 Å². The summed E-state index contributed by atoms with van der Waals surface area (Å²) in [5.41, 5.74) is 1.28. The molecule has 0 unspecified atom stereocenters. The fourth-order valence-electron chi connectivity index (χ4n) is 2.38. The van der Waals surface area contributed by atoms with E-state index < -0.39 is 15.9 Å². The van der Waals surface area contributed by atoms with Crippen LogP contribution in [0, 0.1) is 0 Å². The van der Waals surface area contributed by atoms with Crippen LogP contribution in [0.4, 0.5) is 5.69 Å². The topological polar surface area (TPSA) is 88.6 Å². The SMILES string of the molecule is CN(CC(=O)Nc1cccc(OCc2ccccn2)c1)S(=O)(=O)c1ccc(Cl)s1. The number of nitrogens with zero attached hydrogens (tertiary/aromatic N) is 2. The van der Waals surface area contributed by atoms with Gasteiger partial charge in [-0.3, -0.25) is 9.78 Å². The van der Waals surface area contributed by atoms with Gasteiger partial charge in [-0.25, -0.2) is 8.42 Å². The van der Waals surface area contributed by atoms with E-state index in [9.17, 15) is 13.2 Å². The molecule has 0 saturated carbocycles. The first-order valence-electron chi connectivity index (χ1n) is 8.49. The van der Waals surface area contributed by atoms with Crippen LogP contribution in [0.25, 0.3) is 0 Å². The van der Waals surface area contributed by atoms with Gasteiger partial charge in [-0.1, -0.05) is 23.7 Å². The summed E-state index contributed by atoms with van der Waals surface area (Å²) in [6, 6.07) is 15.3. The Bertz CT molecular complexity index is 1090. The lowest BCUT2D eigenvalue weighted by molar-refractivity contribution is -0.116. The fraction of sp³-hybridized carbons (Fsp3) is 0.158. The molecule has 0 fully saturated rings. The molecule has 2 aromatic heterocycles. The van der Waals surface area contributed by atoms with Gasteiger partial charge >= 0.3 is 0 Å². The summed E-state index contributed by atoms with van der Waals surface area (Å²) in [5, 5.41) is 2.68. The molecule has 0 aliphatic rings. The number of benzene rings is 1. The highest BCUT2D eigenvalue weighted by Gasteiger charge is 2.24. The van der Waals surface area contributed by atoms with E-state index in [1.54, 1.807) is 30.5 Å². The Kier molecular flexibility index (Phi) is 6.86. The number of ether oxygens (including phenoxy) is 1. The van der Waals surface area contributed by atoms with Gasteiger partial charge in [0.25, 0.3) is 10.0 Å². The fourth-order valence-corrected chi connectivity index (χ4v) is 5.20. The summed E-state index contributed by atoms with van der Waals surface area (Å²) in [4.78, 5) is 16.5. The van der Waals surface area contributed by atoms with Crippen LogP contribution in [-0.2, 0) is 21.4 Å². The van der Waals surface area contributed by atoms with Crippen LogP contribution >= 0.6 is 22.9 Å². The Labute approximate surface area is 178 Å². The molecule has 7 nitrogen and oxygen atoms in total. The van der Waals surface area contributed by atoms with Gasteiger partial charge in [0.1, 0.15) is 16.6 Å². The van der Waals surface area contributed by atoms with Crippen molar-refractivity contribution >= 4 is 44.6 Å². The van der Waals surface area contributed by atoms with Gasteiger partial charge in [0, 0.05) is 25.0 Å². The van der Waals surface area contributed by atoms with Crippen LogP contribution in [-0.4, -0.2) is 37.2 Å². The summed E-state index contributed by atoms with van der Waals surface area (Å²) in [5.74, 6) is 0.0864. The monoisotopic (exact) mass is 451 g/mol. The van der Waals surface area contributed by atoms with E-state index in [0.717, 1.165) is 21.3 Å². The zero-order valence-corrected chi connectivity index (χ0v) is 17.8. The molecule has 1 aromatic carbocycles. The third-order valence-electron chi connectivity index (χ3n) is 3.81. The molecule has 29 heavy (non-hydrogen) atoms. The molecule has 0 aliphatic carbocycles. The molecular formula is C19H18ClN3O4S2. The van der Waals surface area contributed by atoms with Crippen molar-refractivity contribution in [1.29, 1.82) is 0 Å². The van der Waals surface area contributed by atoms with Gasteiger partial charge in [0.05, 0.1) is 16.6 Å². The van der Waals surface area contributed by atoms with E-state index >= 15 is 0 Å². The number of nitrogens with one attached hydrogen (secondary N) is 1. The average molecular weight is 452 g/mol. The summed E-state index contributed by atoms with van der Waals surface area (Å²) in [6.07, 6.45) is 1.68. The Morgan fingerprint density at radius 3 is 2.72 bits per heavy atom. The second kappa shape index (κ2) is 9.36. The first-order chi connectivity index (χ1) is 13.8. The van der Waals surface area contributed by atoms with Crippen LogP contribution in [0.2, 0.25) is 4.34 Å². The zero-order valence-electron chi connectivity index (χ0n) is 15.4. The molecule has 0 bridgehead atoms. The summed E-state index contributed by atoms with van der Waals surface area (Å²) in [7, 11) is -2.44. The molecule has 0 aliphatic heterocycles. The minimum atomic E-state index is -3.78. The zero-order chi connectivity index (χ0) is 20.9. The number of pyridine rings is 1. The van der Waals surface area contributed by atoms with Crippen molar-refractivity contribution in [2.45, 2.75) is 10.8 Å². The summed E-state index contributed by atoms with van der Waals surface area (Å²) < 4.78 is 32.1. The van der Waals surface area contributed by atoms with Crippen LogP contribution in [0.3, 0.4) is 0 Å². The molecule has 0 atom stereocenters. The molecule has 0 spiro atoms. The standard InChI is InChI=1S/C19H18ClN3O4S2/c1-23(29(25,26)19-9-8-17(20)28-19)12-18(24)22-14-6-4-7-16(11-14)27-13-15-5-2-3-10-21-15/h2-11H,12-13H2,1H3,(H,22,24). The predicted molar refractivity (Wildman–Crippen MR) is 113 cm³/mol. The highest BCUT2D eigenvalue weighted by Crippen LogP contribution is 2.27. The molecule has 1 N–H and O–H groups in total. The molecule has 0 radical (unpaired) electrons. The van der Waals surface area contributed by atoms with Crippen LogP contribution in [0.1, 0.15) is 5.69 Å². The molecular weight excluding hydrogens is 434 g/mol. The van der Waals surface area contributed by atoms with Crippen LogP contribution in [0.5, 0.6) is 5.75 Å². The number of halogens is 1. The predicted octanol–water partition coefficient (Wildman–Crippen LogP) is 3.63. The van der Waals surface area contributed by atoms with E-state index in [2.05, 4.69) is 10.3 Å². The van der Waals surface area contributed by atoms with E-state index in [0.29, 0.717) is 22.4 Å². The third-order valence-corrected chi connectivity index (χ3v) is 7.31. The minimum absolute atomic E-state index is 0.0859. The van der Waals surface area contributed by atoms with Gasteiger partial charge in [-0.05, 0) is 36.4 Å². The number of likely N-dealkylation sites (N-methyl/N-ethyl adjacent to an activating group) is 1. The molecule has 0 saturated heterocycles. The summed E-state index contributed by atoms with van der Waals surface area (Å²) in [6.45, 7) is -0.0422. The largest absolute Gasteiger partial charge is 0.487 e. The number of carbonyl (C=O) groups excluding carboxylic acids is 1. The number of sulfonamides is 1. The van der Waals surface area contributed by atoms with E-state index in [-0.39, 0.29) is 10.8 Å². The number of hydrogen-bond donors (Lipinski definition) is 1. The van der Waals surface area contributed by atoms with Crippen molar-refractivity contribution in [2.24, 2.45) is 0 Å². The van der Waals surface area contributed by atoms with Crippen molar-refractivity contribution in [3.05, 3.63) is 70.8 Å². The molecule has 3 rings (SSSR count). The average Bonchev–Trinajstić information content (AvgIpc) is 3.14. The quantitative estimate of drug-likeness (QED) is 0.564. The number of anilines is 1. The Hall–Kier alpha value is -2.46. The number of rotatable bonds is 8. The molecule has 2 heterocycles. The van der Waals surface area contributed by atoms with Gasteiger partial charge < -0.3 is 10.1 Å². The van der Waals surface area contributed by atoms with Crippen molar-refractivity contribution in [3.63, 3.8) is 0 Å². The maximum Gasteiger partial charge on any atom is 0.252 e. The molecule has 3 aromatic rings. The normalized spacial score (nSPS) is 11.4. The van der Waals surface area contributed by atoms with Crippen molar-refractivity contribution in [2.75, 3.05) is 18.9 Å². The van der Waals surface area contributed by atoms with Gasteiger partial charge in [0.2, 0.25) is 5.91 Å². The Morgan fingerprint density at radius 1 is 1.21 bits per heavy atom. The second-order valence-electron chi connectivity index (χ2n) is 6.01. The third kappa shape index (κ3) is 5.77. The smallest absolute Gasteiger partial charge is 0.252 e. The van der Waals surface area contributed by atoms with E-state index in [1.807, 2.05) is 18.2 Å². The number of thiophene rings is 1. The molecule has 10 heteroatoms. The number of carbonyl (C=O) groups is 1. The van der Waals surface area contributed by atoms with Crippen molar-refractivity contribution < 1.29 is 17.9 Å². The lowest BCUT2D eigenvalue weighted by Crippen LogP contribution is -2.34. The van der Waals surface area contributed by atoms with Crippen molar-refractivity contribution in [3.8, 4) is 5.75 Å². The number of aromatic nitrogens is 1. The maximum absolute atomic E-state index is 12.5. The molecule has 1 amide bonds. The van der Waals surface area contributed by atoms with Crippen LogP contribution in [0.15, 0.2) is 65.0 Å². The number of amides is 1. The van der Waals surface area contributed by atoms with Crippen molar-refractivity contribution in [1.82, 2.24) is 9.29 Å². The minimum Gasteiger partial charge on any atom is -0.487 e. The first-order valence-corrected chi connectivity index (χ1v) is 11.1. The Morgan fingerprint density at radius 2 is 2.03 bits per heavy atom. The molecule has 152 valence electrons. The lowest BCUT2D eigenvalue weighted by atomic mass is 10.3. The number of hydrogen-bond acceptors (Lipinski definition) is 6. The van der Waals surface area contributed by atoms with Gasteiger partial charge in [-0.15, -0.1) is 11.3 Å².